The van der Waals surface area contributed by atoms with Crippen molar-refractivity contribution in [1.29, 1.82) is 0 Å². The molecule has 2 rings (SSSR count). The standard InChI is InChI=1S/C17H24N4O3/c1-20(2)11-14(22)10-18-17(23)15-9-16(21(3)19-15)24-12-13-7-5-4-6-8-13/h4-9,14,22H,10-12H2,1-3H3,(H,18,23). The van der Waals surface area contributed by atoms with Crippen LogP contribution in [0.3, 0.4) is 0 Å². The number of ether oxygens (including phenoxy) is 1. The predicted octanol–water partition coefficient (Wildman–Crippen LogP) is 0.651. The molecule has 0 fully saturated rings. The summed E-state index contributed by atoms with van der Waals surface area (Å²) in [5.74, 6) is 0.177. The molecule has 2 N–H and O–H groups in total. The number of aliphatic hydroxyl groups excluding tert-OH is 1. The average molecular weight is 332 g/mol. The topological polar surface area (TPSA) is 79.6 Å². The van der Waals surface area contributed by atoms with Crippen LogP contribution < -0.4 is 10.1 Å². The van der Waals surface area contributed by atoms with Crippen molar-refractivity contribution in [2.24, 2.45) is 7.05 Å². The quantitative estimate of drug-likeness (QED) is 0.742. The number of rotatable bonds is 8. The van der Waals surface area contributed by atoms with Gasteiger partial charge in [-0.05, 0) is 19.7 Å². The summed E-state index contributed by atoms with van der Waals surface area (Å²) < 4.78 is 7.22. The molecular formula is C17H24N4O3. The van der Waals surface area contributed by atoms with Gasteiger partial charge in [-0.3, -0.25) is 4.79 Å². The Balaban J connectivity index is 1.89. The molecule has 0 aliphatic heterocycles. The molecular weight excluding hydrogens is 308 g/mol. The molecule has 0 saturated carbocycles. The molecule has 2 aromatic rings. The molecule has 0 aliphatic rings. The molecule has 1 aromatic heterocycles. The molecule has 1 heterocycles. The van der Waals surface area contributed by atoms with E-state index in [0.717, 1.165) is 5.56 Å². The van der Waals surface area contributed by atoms with Gasteiger partial charge in [-0.15, -0.1) is 0 Å². The number of aryl methyl sites for hydroxylation is 1. The lowest BCUT2D eigenvalue weighted by molar-refractivity contribution is 0.0887. The van der Waals surface area contributed by atoms with E-state index in [1.54, 1.807) is 13.1 Å². The van der Waals surface area contributed by atoms with Gasteiger partial charge in [0.2, 0.25) is 5.88 Å². The van der Waals surface area contributed by atoms with Crippen molar-refractivity contribution in [3.8, 4) is 5.88 Å². The molecule has 1 atom stereocenters. The first-order chi connectivity index (χ1) is 11.5. The first-order valence-electron chi connectivity index (χ1n) is 7.77. The summed E-state index contributed by atoms with van der Waals surface area (Å²) in [7, 11) is 5.44. The summed E-state index contributed by atoms with van der Waals surface area (Å²) >= 11 is 0. The highest BCUT2D eigenvalue weighted by Gasteiger charge is 2.15. The largest absolute Gasteiger partial charge is 0.473 e. The van der Waals surface area contributed by atoms with Crippen LogP contribution in [0.25, 0.3) is 0 Å². The van der Waals surface area contributed by atoms with Crippen LogP contribution in [0, 0.1) is 0 Å². The number of aliphatic hydroxyl groups is 1. The number of nitrogens with one attached hydrogen (secondary N) is 1. The van der Waals surface area contributed by atoms with Crippen molar-refractivity contribution in [3.63, 3.8) is 0 Å². The van der Waals surface area contributed by atoms with E-state index < -0.39 is 6.10 Å². The SMILES string of the molecule is CN(C)CC(O)CNC(=O)c1cc(OCc2ccccc2)n(C)n1. The number of carbonyl (C=O) groups is 1. The first-order valence-corrected chi connectivity index (χ1v) is 7.77. The minimum absolute atomic E-state index is 0.174. The second-order valence-corrected chi connectivity index (χ2v) is 5.89. The number of benzene rings is 1. The zero-order valence-corrected chi connectivity index (χ0v) is 14.3. The van der Waals surface area contributed by atoms with Gasteiger partial charge in [0.1, 0.15) is 6.61 Å². The third-order valence-corrected chi connectivity index (χ3v) is 3.37. The van der Waals surface area contributed by atoms with E-state index in [0.29, 0.717) is 19.0 Å². The van der Waals surface area contributed by atoms with Crippen LogP contribution in [0.2, 0.25) is 0 Å². The van der Waals surface area contributed by atoms with Crippen LogP contribution in [-0.4, -0.2) is 59.0 Å². The molecule has 1 unspecified atom stereocenters. The van der Waals surface area contributed by atoms with Crippen molar-refractivity contribution < 1.29 is 14.6 Å². The van der Waals surface area contributed by atoms with E-state index in [9.17, 15) is 9.90 Å². The molecule has 1 aromatic carbocycles. The van der Waals surface area contributed by atoms with E-state index in [2.05, 4.69) is 10.4 Å². The monoisotopic (exact) mass is 332 g/mol. The van der Waals surface area contributed by atoms with Crippen molar-refractivity contribution in [3.05, 3.63) is 47.7 Å². The van der Waals surface area contributed by atoms with E-state index in [1.165, 1.54) is 4.68 Å². The third kappa shape index (κ3) is 5.36. The Hall–Kier alpha value is -2.38. The lowest BCUT2D eigenvalue weighted by Gasteiger charge is -2.15. The maximum absolute atomic E-state index is 12.1. The van der Waals surface area contributed by atoms with Crippen LogP contribution in [0.5, 0.6) is 5.88 Å². The number of likely N-dealkylation sites (N-methyl/N-ethyl adjacent to an activating group) is 1. The Morgan fingerprint density at radius 1 is 1.38 bits per heavy atom. The Bertz CT molecular complexity index is 655. The van der Waals surface area contributed by atoms with Crippen molar-refractivity contribution in [2.75, 3.05) is 27.2 Å². The number of nitrogens with zero attached hydrogens (tertiary/aromatic N) is 3. The second-order valence-electron chi connectivity index (χ2n) is 5.89. The Morgan fingerprint density at radius 3 is 2.75 bits per heavy atom. The number of hydrogen-bond acceptors (Lipinski definition) is 5. The average Bonchev–Trinajstić information content (AvgIpc) is 2.92. The fraction of sp³-hybridized carbons (Fsp3) is 0.412. The van der Waals surface area contributed by atoms with Crippen molar-refractivity contribution >= 4 is 5.91 Å². The van der Waals surface area contributed by atoms with Gasteiger partial charge < -0.3 is 20.1 Å². The van der Waals surface area contributed by atoms with Gasteiger partial charge in [-0.2, -0.15) is 5.10 Å². The van der Waals surface area contributed by atoms with E-state index in [4.69, 9.17) is 4.74 Å². The summed E-state index contributed by atoms with van der Waals surface area (Å²) in [5, 5.41) is 16.6. The van der Waals surface area contributed by atoms with E-state index in [-0.39, 0.29) is 18.1 Å². The maximum Gasteiger partial charge on any atom is 0.272 e. The van der Waals surface area contributed by atoms with Gasteiger partial charge in [0.15, 0.2) is 5.69 Å². The molecule has 0 bridgehead atoms. The summed E-state index contributed by atoms with van der Waals surface area (Å²) in [6.45, 7) is 1.06. The summed E-state index contributed by atoms with van der Waals surface area (Å²) in [4.78, 5) is 14.0. The molecule has 130 valence electrons. The molecule has 7 heteroatoms. The summed E-state index contributed by atoms with van der Waals surface area (Å²) in [5.41, 5.74) is 1.30. The normalized spacial score (nSPS) is 12.2. The van der Waals surface area contributed by atoms with Gasteiger partial charge in [-0.1, -0.05) is 30.3 Å². The highest BCUT2D eigenvalue weighted by Crippen LogP contribution is 2.14. The minimum atomic E-state index is -0.624. The zero-order valence-electron chi connectivity index (χ0n) is 14.3. The molecule has 0 radical (unpaired) electrons. The van der Waals surface area contributed by atoms with Crippen LogP contribution in [0.1, 0.15) is 16.1 Å². The highest BCUT2D eigenvalue weighted by molar-refractivity contribution is 5.92. The van der Waals surface area contributed by atoms with Crippen LogP contribution in [0.15, 0.2) is 36.4 Å². The molecule has 24 heavy (non-hydrogen) atoms. The maximum atomic E-state index is 12.1. The number of hydrogen-bond donors (Lipinski definition) is 2. The molecule has 7 nitrogen and oxygen atoms in total. The Kier molecular flexibility index (Phi) is 6.34. The lowest BCUT2D eigenvalue weighted by atomic mass is 10.2. The zero-order chi connectivity index (χ0) is 17.5. The third-order valence-electron chi connectivity index (χ3n) is 3.37. The summed E-state index contributed by atoms with van der Waals surface area (Å²) in [6.07, 6.45) is -0.624. The molecule has 0 spiro atoms. The van der Waals surface area contributed by atoms with Gasteiger partial charge >= 0.3 is 0 Å². The lowest BCUT2D eigenvalue weighted by Crippen LogP contribution is -2.37. The highest BCUT2D eigenvalue weighted by atomic mass is 16.5. The molecule has 0 aliphatic carbocycles. The van der Waals surface area contributed by atoms with E-state index >= 15 is 0 Å². The number of amides is 1. The van der Waals surface area contributed by atoms with Crippen molar-refractivity contribution in [1.82, 2.24) is 20.0 Å². The Labute approximate surface area is 141 Å². The van der Waals surface area contributed by atoms with Gasteiger partial charge in [0.25, 0.3) is 5.91 Å². The fourth-order valence-electron chi connectivity index (χ4n) is 2.21. The van der Waals surface area contributed by atoms with E-state index in [1.807, 2.05) is 49.3 Å². The van der Waals surface area contributed by atoms with Gasteiger partial charge in [0.05, 0.1) is 6.10 Å². The second kappa shape index (κ2) is 8.47. The van der Waals surface area contributed by atoms with Crippen LogP contribution in [-0.2, 0) is 13.7 Å². The van der Waals surface area contributed by atoms with Crippen LogP contribution >= 0.6 is 0 Å². The van der Waals surface area contributed by atoms with Crippen LogP contribution in [0.4, 0.5) is 0 Å². The Morgan fingerprint density at radius 2 is 2.08 bits per heavy atom. The number of carbonyl (C=O) groups excluding carboxylic acids is 1. The number of aromatic nitrogens is 2. The van der Waals surface area contributed by atoms with Crippen molar-refractivity contribution in [2.45, 2.75) is 12.7 Å². The van der Waals surface area contributed by atoms with Gasteiger partial charge in [0, 0.05) is 26.2 Å². The van der Waals surface area contributed by atoms with Gasteiger partial charge in [-0.25, -0.2) is 4.68 Å². The minimum Gasteiger partial charge on any atom is -0.473 e. The fourth-order valence-corrected chi connectivity index (χ4v) is 2.21. The molecule has 1 amide bonds. The predicted molar refractivity (Wildman–Crippen MR) is 90.9 cm³/mol. The smallest absolute Gasteiger partial charge is 0.272 e. The molecule has 0 saturated heterocycles. The first kappa shape index (κ1) is 18.0. The summed E-state index contributed by atoms with van der Waals surface area (Å²) in [6, 6.07) is 11.4.